The van der Waals surface area contributed by atoms with Gasteiger partial charge >= 0.3 is 0 Å². The van der Waals surface area contributed by atoms with E-state index in [4.69, 9.17) is 0 Å². The highest BCUT2D eigenvalue weighted by Crippen LogP contribution is 2.33. The van der Waals surface area contributed by atoms with Gasteiger partial charge in [0.25, 0.3) is 5.69 Å². The average molecular weight is 315 g/mol. The van der Waals surface area contributed by atoms with E-state index >= 15 is 0 Å². The molecule has 6 heteroatoms. The Kier molecular flexibility index (Phi) is 4.43. The highest BCUT2D eigenvalue weighted by atomic mass is 16.6. The van der Waals surface area contributed by atoms with Gasteiger partial charge in [-0.05, 0) is 37.5 Å². The van der Waals surface area contributed by atoms with Gasteiger partial charge in [-0.15, -0.1) is 0 Å². The van der Waals surface area contributed by atoms with E-state index in [0.717, 1.165) is 10.9 Å². The molecule has 0 amide bonds. The third-order valence-corrected chi connectivity index (χ3v) is 4.88. The molecule has 0 saturated heterocycles. The lowest BCUT2D eigenvalue weighted by molar-refractivity contribution is -0.921. The summed E-state index contributed by atoms with van der Waals surface area (Å²) in [6, 6.07) is 5.63. The van der Waals surface area contributed by atoms with Crippen LogP contribution in [0.25, 0.3) is 10.9 Å². The van der Waals surface area contributed by atoms with Crippen molar-refractivity contribution in [1.82, 2.24) is 4.98 Å². The Morgan fingerprint density at radius 3 is 2.78 bits per heavy atom. The van der Waals surface area contributed by atoms with Crippen LogP contribution < -0.4 is 10.0 Å². The van der Waals surface area contributed by atoms with E-state index in [-0.39, 0.29) is 11.2 Å². The van der Waals surface area contributed by atoms with Crippen LogP contribution in [0, 0.1) is 10.1 Å². The smallest absolute Gasteiger partial charge is 0.264 e. The van der Waals surface area contributed by atoms with Crippen molar-refractivity contribution in [2.75, 3.05) is 7.05 Å². The summed E-state index contributed by atoms with van der Waals surface area (Å²) in [6.07, 6.45) is 7.71. The number of nitro benzene ring substituents is 1. The molecule has 23 heavy (non-hydrogen) atoms. The highest BCUT2D eigenvalue weighted by Gasteiger charge is 2.23. The van der Waals surface area contributed by atoms with Crippen LogP contribution in [0.5, 0.6) is 5.75 Å². The molecule has 6 nitrogen and oxygen atoms in total. The molecule has 0 radical (unpaired) electrons. The number of nitro groups is 1. The molecule has 2 aromatic rings. The SMILES string of the molecule is C[NH+](Cc1cc([N+](=O)[O-])c([O-])c2ncccc12)C1CCCCC1. The number of benzene rings is 1. The second-order valence-electron chi connectivity index (χ2n) is 6.40. The van der Waals surface area contributed by atoms with Crippen molar-refractivity contribution < 1.29 is 14.9 Å². The molecule has 3 rings (SSSR count). The van der Waals surface area contributed by atoms with Crippen LogP contribution in [-0.2, 0) is 6.54 Å². The van der Waals surface area contributed by atoms with Gasteiger partial charge in [-0.2, -0.15) is 0 Å². The molecule has 1 fully saturated rings. The first kappa shape index (κ1) is 15.7. The van der Waals surface area contributed by atoms with Gasteiger partial charge in [0.15, 0.2) is 0 Å². The Balaban J connectivity index is 1.98. The lowest BCUT2D eigenvalue weighted by Crippen LogP contribution is -3.11. The van der Waals surface area contributed by atoms with Crippen LogP contribution in [0.15, 0.2) is 24.4 Å². The van der Waals surface area contributed by atoms with Gasteiger partial charge in [0.05, 0.1) is 23.5 Å². The summed E-state index contributed by atoms with van der Waals surface area (Å²) in [5.41, 5.74) is 0.665. The van der Waals surface area contributed by atoms with Crippen molar-refractivity contribution in [3.8, 4) is 5.75 Å². The molecule has 1 atom stereocenters. The first-order valence-electron chi connectivity index (χ1n) is 8.12. The third kappa shape index (κ3) is 3.12. The zero-order valence-electron chi connectivity index (χ0n) is 13.2. The Labute approximate surface area is 134 Å². The summed E-state index contributed by atoms with van der Waals surface area (Å²) in [4.78, 5) is 16.0. The number of hydrogen-bond acceptors (Lipinski definition) is 4. The van der Waals surface area contributed by atoms with E-state index in [0.29, 0.717) is 12.6 Å². The van der Waals surface area contributed by atoms with Crippen molar-refractivity contribution in [1.29, 1.82) is 0 Å². The van der Waals surface area contributed by atoms with Crippen LogP contribution in [0.1, 0.15) is 37.7 Å². The van der Waals surface area contributed by atoms with Gasteiger partial charge < -0.3 is 10.0 Å². The molecule has 1 heterocycles. The molecule has 1 aliphatic carbocycles. The maximum absolute atomic E-state index is 12.2. The minimum absolute atomic E-state index is 0.202. The topological polar surface area (TPSA) is 83.5 Å². The molecule has 122 valence electrons. The highest BCUT2D eigenvalue weighted by molar-refractivity contribution is 5.90. The van der Waals surface area contributed by atoms with Crippen molar-refractivity contribution in [2.45, 2.75) is 44.7 Å². The molecule has 1 aromatic heterocycles. The fourth-order valence-electron chi connectivity index (χ4n) is 3.60. The number of nitrogens with one attached hydrogen (secondary N) is 1. The van der Waals surface area contributed by atoms with Gasteiger partial charge in [0, 0.05) is 23.2 Å². The molecule has 1 aromatic carbocycles. The lowest BCUT2D eigenvalue weighted by atomic mass is 9.94. The summed E-state index contributed by atoms with van der Waals surface area (Å²) < 4.78 is 0. The normalized spacial score (nSPS) is 17.3. The van der Waals surface area contributed by atoms with Crippen LogP contribution in [-0.4, -0.2) is 23.0 Å². The molecule has 1 N–H and O–H groups in total. The number of aromatic nitrogens is 1. The Morgan fingerprint density at radius 2 is 2.09 bits per heavy atom. The molecule has 1 saturated carbocycles. The number of quaternary nitrogens is 1. The molecular weight excluding hydrogens is 294 g/mol. The molecule has 0 bridgehead atoms. The van der Waals surface area contributed by atoms with E-state index in [1.807, 2.05) is 6.07 Å². The zero-order valence-corrected chi connectivity index (χ0v) is 13.2. The Morgan fingerprint density at radius 1 is 1.35 bits per heavy atom. The molecule has 0 spiro atoms. The van der Waals surface area contributed by atoms with Gasteiger partial charge in [0.1, 0.15) is 6.54 Å². The van der Waals surface area contributed by atoms with Gasteiger partial charge in [-0.1, -0.05) is 12.5 Å². The third-order valence-electron chi connectivity index (χ3n) is 4.88. The van der Waals surface area contributed by atoms with Crippen LogP contribution >= 0.6 is 0 Å². The monoisotopic (exact) mass is 315 g/mol. The second-order valence-corrected chi connectivity index (χ2v) is 6.40. The van der Waals surface area contributed by atoms with E-state index in [2.05, 4.69) is 12.0 Å². The number of pyridine rings is 1. The van der Waals surface area contributed by atoms with Crippen LogP contribution in [0.2, 0.25) is 0 Å². The fourth-order valence-corrected chi connectivity index (χ4v) is 3.60. The maximum Gasteiger partial charge on any atom is 0.264 e. The summed E-state index contributed by atoms with van der Waals surface area (Å²) in [5.74, 6) is -0.593. The standard InChI is InChI=1S/C17H21N3O3/c1-19(13-6-3-2-4-7-13)11-12-10-15(20(22)23)17(21)16-14(12)8-5-9-18-16/h5,8-10,13,21H,2-4,6-7,11H2,1H3. The summed E-state index contributed by atoms with van der Waals surface area (Å²) >= 11 is 0. The summed E-state index contributed by atoms with van der Waals surface area (Å²) in [7, 11) is 2.13. The molecule has 0 aliphatic heterocycles. The van der Waals surface area contributed by atoms with Crippen molar-refractivity contribution in [2.24, 2.45) is 0 Å². The quantitative estimate of drug-likeness (QED) is 0.685. The van der Waals surface area contributed by atoms with Gasteiger partial charge in [-0.3, -0.25) is 15.1 Å². The van der Waals surface area contributed by atoms with E-state index < -0.39 is 10.7 Å². The second kappa shape index (κ2) is 6.50. The van der Waals surface area contributed by atoms with Gasteiger partial charge in [-0.25, -0.2) is 0 Å². The van der Waals surface area contributed by atoms with E-state index in [9.17, 15) is 15.2 Å². The maximum atomic E-state index is 12.2. The Bertz CT molecular complexity index is 726. The zero-order chi connectivity index (χ0) is 16.4. The first-order valence-corrected chi connectivity index (χ1v) is 8.12. The minimum atomic E-state index is -0.601. The largest absolute Gasteiger partial charge is 0.866 e. The fraction of sp³-hybridized carbons (Fsp3) is 0.471. The van der Waals surface area contributed by atoms with Crippen molar-refractivity contribution in [3.05, 3.63) is 40.1 Å². The number of hydrogen-bond donors (Lipinski definition) is 1. The first-order chi connectivity index (χ1) is 11.1. The van der Waals surface area contributed by atoms with Crippen LogP contribution in [0.3, 0.4) is 0 Å². The van der Waals surface area contributed by atoms with Crippen LogP contribution in [0.4, 0.5) is 5.69 Å². The number of rotatable bonds is 4. The number of fused-ring (bicyclic) bond motifs is 1. The number of nitrogens with zero attached hydrogens (tertiary/aromatic N) is 2. The average Bonchev–Trinajstić information content (AvgIpc) is 2.58. The predicted octanol–water partition coefficient (Wildman–Crippen LogP) is 1.56. The van der Waals surface area contributed by atoms with Gasteiger partial charge in [0.2, 0.25) is 0 Å². The summed E-state index contributed by atoms with van der Waals surface area (Å²) in [6.45, 7) is 0.675. The van der Waals surface area contributed by atoms with E-state index in [1.54, 1.807) is 6.07 Å². The lowest BCUT2D eigenvalue weighted by Gasteiger charge is -2.28. The molecule has 1 aliphatic rings. The predicted molar refractivity (Wildman–Crippen MR) is 85.3 cm³/mol. The Hall–Kier alpha value is -2.21. The summed E-state index contributed by atoms with van der Waals surface area (Å²) in [5, 5.41) is 24.1. The molecule has 1 unspecified atom stereocenters. The van der Waals surface area contributed by atoms with E-state index in [1.165, 1.54) is 49.3 Å². The van der Waals surface area contributed by atoms with Crippen molar-refractivity contribution >= 4 is 16.6 Å². The minimum Gasteiger partial charge on any atom is -0.866 e. The molecular formula is C17H21N3O3. The van der Waals surface area contributed by atoms with Crippen molar-refractivity contribution in [3.63, 3.8) is 0 Å².